The Morgan fingerprint density at radius 2 is 1.74 bits per heavy atom. The van der Waals surface area contributed by atoms with Crippen LogP contribution in [0.25, 0.3) is 10.8 Å². The first-order valence-electron chi connectivity index (χ1n) is 9.29. The summed E-state index contributed by atoms with van der Waals surface area (Å²) in [5, 5.41) is 5.10. The van der Waals surface area contributed by atoms with Gasteiger partial charge < -0.3 is 14.8 Å². The molecule has 140 valence electrons. The quantitative estimate of drug-likeness (QED) is 0.600. The molecule has 3 aromatic rings. The molecule has 0 fully saturated rings. The Morgan fingerprint density at radius 1 is 1.00 bits per heavy atom. The number of carbonyl (C=O) groups is 1. The second kappa shape index (κ2) is 9.08. The standard InChI is InChI=1S/C23H25NO3/c1-3-21(27-19-13-11-17(2)12-14-19)23(25)24-15-16-26-22-10-6-8-18-7-4-5-9-20(18)22/h4-14,21H,3,15-16H2,1-2H3,(H,24,25). The van der Waals surface area contributed by atoms with Crippen LogP contribution in [0.5, 0.6) is 11.5 Å². The Hall–Kier alpha value is -3.01. The van der Waals surface area contributed by atoms with Crippen LogP contribution in [0.2, 0.25) is 0 Å². The van der Waals surface area contributed by atoms with E-state index in [4.69, 9.17) is 9.47 Å². The lowest BCUT2D eigenvalue weighted by Gasteiger charge is -2.17. The molecule has 4 nitrogen and oxygen atoms in total. The average Bonchev–Trinajstić information content (AvgIpc) is 2.70. The summed E-state index contributed by atoms with van der Waals surface area (Å²) in [7, 11) is 0. The zero-order valence-corrected chi connectivity index (χ0v) is 15.8. The monoisotopic (exact) mass is 363 g/mol. The van der Waals surface area contributed by atoms with E-state index in [1.165, 1.54) is 0 Å². The van der Waals surface area contributed by atoms with Crippen LogP contribution in [0.15, 0.2) is 66.7 Å². The van der Waals surface area contributed by atoms with Gasteiger partial charge in [0.15, 0.2) is 6.10 Å². The summed E-state index contributed by atoms with van der Waals surface area (Å²) in [5.41, 5.74) is 1.16. The lowest BCUT2D eigenvalue weighted by atomic mass is 10.1. The summed E-state index contributed by atoms with van der Waals surface area (Å²) in [6.45, 7) is 4.78. The van der Waals surface area contributed by atoms with E-state index in [-0.39, 0.29) is 5.91 Å². The van der Waals surface area contributed by atoms with Gasteiger partial charge in [-0.25, -0.2) is 0 Å². The summed E-state index contributed by atoms with van der Waals surface area (Å²) < 4.78 is 11.7. The number of rotatable bonds is 8. The lowest BCUT2D eigenvalue weighted by molar-refractivity contribution is -0.128. The number of aryl methyl sites for hydroxylation is 1. The molecule has 1 atom stereocenters. The Balaban J connectivity index is 1.50. The van der Waals surface area contributed by atoms with Gasteiger partial charge in [0.05, 0.1) is 6.54 Å². The number of hydrogen-bond donors (Lipinski definition) is 1. The van der Waals surface area contributed by atoms with Gasteiger partial charge in [-0.3, -0.25) is 4.79 Å². The molecular weight excluding hydrogens is 338 g/mol. The molecule has 0 aliphatic rings. The topological polar surface area (TPSA) is 47.6 Å². The fourth-order valence-corrected chi connectivity index (χ4v) is 2.87. The molecule has 0 saturated heterocycles. The first kappa shape index (κ1) is 18.8. The minimum absolute atomic E-state index is 0.125. The van der Waals surface area contributed by atoms with E-state index in [2.05, 4.69) is 17.4 Å². The summed E-state index contributed by atoms with van der Waals surface area (Å²) in [5.74, 6) is 1.40. The van der Waals surface area contributed by atoms with Crippen molar-refractivity contribution < 1.29 is 14.3 Å². The van der Waals surface area contributed by atoms with Crippen molar-refractivity contribution >= 4 is 16.7 Å². The van der Waals surface area contributed by atoms with Crippen molar-refractivity contribution in [3.8, 4) is 11.5 Å². The summed E-state index contributed by atoms with van der Waals surface area (Å²) in [6, 6.07) is 21.8. The molecule has 0 aliphatic carbocycles. The predicted molar refractivity (Wildman–Crippen MR) is 108 cm³/mol. The summed E-state index contributed by atoms with van der Waals surface area (Å²) in [6.07, 6.45) is 0.0921. The molecule has 0 spiro atoms. The van der Waals surface area contributed by atoms with Crippen LogP contribution in [0.4, 0.5) is 0 Å². The smallest absolute Gasteiger partial charge is 0.261 e. The fourth-order valence-electron chi connectivity index (χ4n) is 2.87. The third kappa shape index (κ3) is 5.00. The van der Waals surface area contributed by atoms with Crippen LogP contribution in [-0.4, -0.2) is 25.2 Å². The number of ether oxygens (including phenoxy) is 2. The van der Waals surface area contributed by atoms with Crippen LogP contribution >= 0.6 is 0 Å². The minimum atomic E-state index is -0.509. The van der Waals surface area contributed by atoms with Gasteiger partial charge in [0.2, 0.25) is 0 Å². The van der Waals surface area contributed by atoms with Crippen molar-refractivity contribution in [1.29, 1.82) is 0 Å². The predicted octanol–water partition coefficient (Wildman–Crippen LogP) is 4.50. The number of benzene rings is 3. The first-order chi connectivity index (χ1) is 13.2. The largest absolute Gasteiger partial charge is 0.491 e. The Bertz CT molecular complexity index is 884. The van der Waals surface area contributed by atoms with Crippen LogP contribution in [0.3, 0.4) is 0 Å². The lowest BCUT2D eigenvalue weighted by Crippen LogP contribution is -2.39. The van der Waals surface area contributed by atoms with Crippen molar-refractivity contribution in [2.45, 2.75) is 26.4 Å². The van der Waals surface area contributed by atoms with E-state index in [0.29, 0.717) is 25.3 Å². The molecule has 0 aromatic heterocycles. The third-order valence-electron chi connectivity index (χ3n) is 4.37. The van der Waals surface area contributed by atoms with E-state index in [9.17, 15) is 4.79 Å². The van der Waals surface area contributed by atoms with E-state index < -0.39 is 6.10 Å². The van der Waals surface area contributed by atoms with Crippen molar-refractivity contribution in [3.63, 3.8) is 0 Å². The van der Waals surface area contributed by atoms with Gasteiger partial charge in [0.25, 0.3) is 5.91 Å². The molecule has 4 heteroatoms. The zero-order valence-electron chi connectivity index (χ0n) is 15.8. The molecular formula is C23H25NO3. The van der Waals surface area contributed by atoms with Gasteiger partial charge in [-0.2, -0.15) is 0 Å². The van der Waals surface area contributed by atoms with Crippen LogP contribution < -0.4 is 14.8 Å². The van der Waals surface area contributed by atoms with E-state index in [1.807, 2.05) is 68.4 Å². The van der Waals surface area contributed by atoms with Gasteiger partial charge >= 0.3 is 0 Å². The summed E-state index contributed by atoms with van der Waals surface area (Å²) >= 11 is 0. The first-order valence-corrected chi connectivity index (χ1v) is 9.29. The SMILES string of the molecule is CCC(Oc1ccc(C)cc1)C(=O)NCCOc1cccc2ccccc12. The van der Waals surface area contributed by atoms with Crippen molar-refractivity contribution in [2.75, 3.05) is 13.2 Å². The third-order valence-corrected chi connectivity index (χ3v) is 4.37. The van der Waals surface area contributed by atoms with E-state index >= 15 is 0 Å². The maximum atomic E-state index is 12.4. The number of nitrogens with one attached hydrogen (secondary N) is 1. The average molecular weight is 363 g/mol. The minimum Gasteiger partial charge on any atom is -0.491 e. The maximum Gasteiger partial charge on any atom is 0.261 e. The van der Waals surface area contributed by atoms with Crippen LogP contribution in [-0.2, 0) is 4.79 Å². The Morgan fingerprint density at radius 3 is 2.52 bits per heavy atom. The van der Waals surface area contributed by atoms with Gasteiger partial charge in [-0.1, -0.05) is 61.0 Å². The van der Waals surface area contributed by atoms with E-state index in [1.54, 1.807) is 0 Å². The molecule has 0 aliphatic heterocycles. The van der Waals surface area contributed by atoms with Gasteiger partial charge in [0, 0.05) is 5.39 Å². The van der Waals surface area contributed by atoms with Crippen LogP contribution in [0.1, 0.15) is 18.9 Å². The second-order valence-corrected chi connectivity index (χ2v) is 6.44. The zero-order chi connectivity index (χ0) is 19.1. The molecule has 0 radical (unpaired) electrons. The number of carbonyl (C=O) groups excluding carboxylic acids is 1. The molecule has 0 bridgehead atoms. The highest BCUT2D eigenvalue weighted by Crippen LogP contribution is 2.24. The highest BCUT2D eigenvalue weighted by molar-refractivity contribution is 5.88. The highest BCUT2D eigenvalue weighted by Gasteiger charge is 2.17. The van der Waals surface area contributed by atoms with Crippen molar-refractivity contribution in [1.82, 2.24) is 5.32 Å². The number of amides is 1. The molecule has 3 rings (SSSR count). The van der Waals surface area contributed by atoms with Gasteiger partial charge in [-0.05, 0) is 36.9 Å². The second-order valence-electron chi connectivity index (χ2n) is 6.44. The van der Waals surface area contributed by atoms with E-state index in [0.717, 1.165) is 22.1 Å². The maximum absolute atomic E-state index is 12.4. The Kier molecular flexibility index (Phi) is 6.31. The molecule has 1 N–H and O–H groups in total. The molecule has 27 heavy (non-hydrogen) atoms. The summed E-state index contributed by atoms with van der Waals surface area (Å²) in [4.78, 5) is 12.4. The molecule has 0 heterocycles. The number of fused-ring (bicyclic) bond motifs is 1. The van der Waals surface area contributed by atoms with Crippen LogP contribution in [0, 0.1) is 6.92 Å². The molecule has 0 saturated carbocycles. The van der Waals surface area contributed by atoms with Crippen molar-refractivity contribution in [2.24, 2.45) is 0 Å². The normalized spacial score (nSPS) is 11.8. The molecule has 1 amide bonds. The molecule has 3 aromatic carbocycles. The highest BCUT2D eigenvalue weighted by atomic mass is 16.5. The van der Waals surface area contributed by atoms with Gasteiger partial charge in [0.1, 0.15) is 18.1 Å². The fraction of sp³-hybridized carbons (Fsp3) is 0.261. The number of hydrogen-bond acceptors (Lipinski definition) is 3. The molecule has 1 unspecified atom stereocenters. The van der Waals surface area contributed by atoms with Gasteiger partial charge in [-0.15, -0.1) is 0 Å². The van der Waals surface area contributed by atoms with Crippen molar-refractivity contribution in [3.05, 3.63) is 72.3 Å². The Labute approximate surface area is 160 Å².